The fourth-order valence-electron chi connectivity index (χ4n) is 3.93. The van der Waals surface area contributed by atoms with Gasteiger partial charge in [-0.2, -0.15) is 0 Å². The van der Waals surface area contributed by atoms with Gasteiger partial charge in [0.05, 0.1) is 22.9 Å². The van der Waals surface area contributed by atoms with E-state index in [4.69, 9.17) is 4.42 Å². The lowest BCUT2D eigenvalue weighted by Crippen LogP contribution is -2.46. The Balaban J connectivity index is 1.45. The minimum Gasteiger partial charge on any atom is -0.448 e. The first-order chi connectivity index (χ1) is 13.9. The zero-order chi connectivity index (χ0) is 20.5. The number of piperazine rings is 1. The summed E-state index contributed by atoms with van der Waals surface area (Å²) in [5.74, 6) is 1.33. The fourth-order valence-corrected chi connectivity index (χ4v) is 3.93. The Morgan fingerprint density at radius 1 is 1.07 bits per heavy atom. The second kappa shape index (κ2) is 7.99. The molecule has 7 nitrogen and oxygen atoms in total. The van der Waals surface area contributed by atoms with Crippen LogP contribution in [0, 0.1) is 0 Å². The van der Waals surface area contributed by atoms with Crippen molar-refractivity contribution in [3.63, 3.8) is 0 Å². The van der Waals surface area contributed by atoms with Gasteiger partial charge in [-0.25, -0.2) is 9.97 Å². The molecule has 0 N–H and O–H groups in total. The molecule has 1 saturated heterocycles. The number of anilines is 1. The standard InChI is InChI=1S/C22H29N5O2/c1-15(2)21-20(24-14-29-21)12-25-7-9-26(10-8-25)17-5-6-18-19(11-17)23-13-27(16(3)4)22(18)28/h5-6,11,13-16H,7-10,12H2,1-4H3. The van der Waals surface area contributed by atoms with Gasteiger partial charge in [-0.15, -0.1) is 0 Å². The SMILES string of the molecule is CC(C)c1ocnc1CN1CCN(c2ccc3c(=O)n(C(C)C)cnc3c2)CC1. The molecule has 4 rings (SSSR count). The highest BCUT2D eigenvalue weighted by molar-refractivity contribution is 5.81. The Hall–Kier alpha value is -2.67. The molecule has 7 heteroatoms. The third kappa shape index (κ3) is 3.92. The van der Waals surface area contributed by atoms with Crippen molar-refractivity contribution in [3.05, 3.63) is 52.7 Å². The van der Waals surface area contributed by atoms with Gasteiger partial charge < -0.3 is 9.32 Å². The van der Waals surface area contributed by atoms with Crippen molar-refractivity contribution >= 4 is 16.6 Å². The lowest BCUT2D eigenvalue weighted by Gasteiger charge is -2.36. The highest BCUT2D eigenvalue weighted by Crippen LogP contribution is 2.23. The van der Waals surface area contributed by atoms with E-state index < -0.39 is 0 Å². The van der Waals surface area contributed by atoms with E-state index in [9.17, 15) is 4.79 Å². The van der Waals surface area contributed by atoms with Crippen LogP contribution in [0.3, 0.4) is 0 Å². The van der Waals surface area contributed by atoms with Crippen LogP contribution in [-0.4, -0.2) is 45.6 Å². The fraction of sp³-hybridized carbons (Fsp3) is 0.500. The summed E-state index contributed by atoms with van der Waals surface area (Å²) < 4.78 is 7.23. The monoisotopic (exact) mass is 395 g/mol. The van der Waals surface area contributed by atoms with Crippen molar-refractivity contribution in [2.24, 2.45) is 0 Å². The maximum absolute atomic E-state index is 12.6. The first-order valence-electron chi connectivity index (χ1n) is 10.3. The van der Waals surface area contributed by atoms with Gasteiger partial charge in [0.1, 0.15) is 5.76 Å². The Kier molecular flexibility index (Phi) is 5.41. The van der Waals surface area contributed by atoms with Crippen LogP contribution in [0.15, 0.2) is 40.1 Å². The van der Waals surface area contributed by atoms with Crippen LogP contribution >= 0.6 is 0 Å². The van der Waals surface area contributed by atoms with Crippen LogP contribution in [0.25, 0.3) is 10.9 Å². The Labute approximate surface area is 171 Å². The number of hydrogen-bond donors (Lipinski definition) is 0. The van der Waals surface area contributed by atoms with Crippen molar-refractivity contribution < 1.29 is 4.42 Å². The largest absolute Gasteiger partial charge is 0.448 e. The molecule has 0 amide bonds. The van der Waals surface area contributed by atoms with Gasteiger partial charge in [0, 0.05) is 50.4 Å². The molecule has 0 atom stereocenters. The highest BCUT2D eigenvalue weighted by atomic mass is 16.3. The summed E-state index contributed by atoms with van der Waals surface area (Å²) in [6.07, 6.45) is 3.21. The summed E-state index contributed by atoms with van der Waals surface area (Å²) in [6.45, 7) is 12.9. The molecule has 1 fully saturated rings. The van der Waals surface area contributed by atoms with Crippen LogP contribution in [0.5, 0.6) is 0 Å². The molecular formula is C22H29N5O2. The van der Waals surface area contributed by atoms with E-state index in [1.807, 2.05) is 32.0 Å². The number of hydrogen-bond acceptors (Lipinski definition) is 6. The summed E-state index contributed by atoms with van der Waals surface area (Å²) in [6, 6.07) is 6.09. The van der Waals surface area contributed by atoms with Gasteiger partial charge in [0.2, 0.25) is 0 Å². The topological polar surface area (TPSA) is 67.4 Å². The molecular weight excluding hydrogens is 366 g/mol. The minimum absolute atomic E-state index is 0.0231. The molecule has 0 unspecified atom stereocenters. The van der Waals surface area contributed by atoms with Crippen LogP contribution in [0.4, 0.5) is 5.69 Å². The molecule has 3 aromatic rings. The smallest absolute Gasteiger partial charge is 0.261 e. The molecule has 2 aromatic heterocycles. The van der Waals surface area contributed by atoms with Crippen molar-refractivity contribution in [1.82, 2.24) is 19.4 Å². The Bertz CT molecular complexity index is 1040. The average molecular weight is 396 g/mol. The maximum atomic E-state index is 12.6. The number of fused-ring (bicyclic) bond motifs is 1. The molecule has 0 saturated carbocycles. The lowest BCUT2D eigenvalue weighted by molar-refractivity contribution is 0.245. The molecule has 0 aliphatic carbocycles. The predicted molar refractivity (Wildman–Crippen MR) is 114 cm³/mol. The number of oxazole rings is 1. The van der Waals surface area contributed by atoms with Crippen molar-refractivity contribution in [2.45, 2.75) is 46.2 Å². The van der Waals surface area contributed by atoms with E-state index in [1.165, 1.54) is 0 Å². The van der Waals surface area contributed by atoms with Crippen LogP contribution in [-0.2, 0) is 6.54 Å². The molecule has 29 heavy (non-hydrogen) atoms. The van der Waals surface area contributed by atoms with Crippen molar-refractivity contribution in [2.75, 3.05) is 31.1 Å². The van der Waals surface area contributed by atoms with Crippen molar-refractivity contribution in [1.29, 1.82) is 0 Å². The molecule has 1 aliphatic heterocycles. The second-order valence-electron chi connectivity index (χ2n) is 8.33. The van der Waals surface area contributed by atoms with Crippen molar-refractivity contribution in [3.8, 4) is 0 Å². The van der Waals surface area contributed by atoms with E-state index in [-0.39, 0.29) is 11.6 Å². The second-order valence-corrected chi connectivity index (χ2v) is 8.33. The average Bonchev–Trinajstić information content (AvgIpc) is 3.17. The highest BCUT2D eigenvalue weighted by Gasteiger charge is 2.21. The first-order valence-corrected chi connectivity index (χ1v) is 10.3. The van der Waals surface area contributed by atoms with Crippen LogP contribution in [0.2, 0.25) is 0 Å². The number of nitrogens with zero attached hydrogens (tertiary/aromatic N) is 5. The first kappa shape index (κ1) is 19.6. The third-order valence-electron chi connectivity index (χ3n) is 5.63. The van der Waals surface area contributed by atoms with E-state index in [1.54, 1.807) is 17.3 Å². The molecule has 0 radical (unpaired) electrons. The van der Waals surface area contributed by atoms with Gasteiger partial charge in [-0.05, 0) is 32.0 Å². The van der Waals surface area contributed by atoms with E-state index in [0.717, 1.165) is 55.4 Å². The van der Waals surface area contributed by atoms with E-state index >= 15 is 0 Å². The van der Waals surface area contributed by atoms with Crippen LogP contribution in [0.1, 0.15) is 51.1 Å². The zero-order valence-corrected chi connectivity index (χ0v) is 17.6. The Morgan fingerprint density at radius 2 is 1.83 bits per heavy atom. The Morgan fingerprint density at radius 3 is 2.52 bits per heavy atom. The summed E-state index contributed by atoms with van der Waals surface area (Å²) in [5, 5.41) is 0.677. The van der Waals surface area contributed by atoms with Gasteiger partial charge in [-0.3, -0.25) is 14.3 Å². The molecule has 154 valence electrons. The molecule has 1 aliphatic rings. The third-order valence-corrected chi connectivity index (χ3v) is 5.63. The van der Waals surface area contributed by atoms with Gasteiger partial charge in [0.15, 0.2) is 6.39 Å². The summed E-state index contributed by atoms with van der Waals surface area (Å²) in [4.78, 5) is 26.3. The quantitative estimate of drug-likeness (QED) is 0.660. The van der Waals surface area contributed by atoms with Gasteiger partial charge in [-0.1, -0.05) is 13.8 Å². The summed E-state index contributed by atoms with van der Waals surface area (Å²) >= 11 is 0. The lowest BCUT2D eigenvalue weighted by atomic mass is 10.1. The molecule has 3 heterocycles. The normalized spacial score (nSPS) is 15.7. The van der Waals surface area contributed by atoms with Gasteiger partial charge in [0.25, 0.3) is 5.56 Å². The summed E-state index contributed by atoms with van der Waals surface area (Å²) in [7, 11) is 0. The zero-order valence-electron chi connectivity index (χ0n) is 17.6. The minimum atomic E-state index is 0.0231. The molecule has 1 aromatic carbocycles. The number of aromatic nitrogens is 3. The van der Waals surface area contributed by atoms with Gasteiger partial charge >= 0.3 is 0 Å². The molecule has 0 spiro atoms. The number of rotatable bonds is 5. The number of benzene rings is 1. The maximum Gasteiger partial charge on any atom is 0.261 e. The van der Waals surface area contributed by atoms with Crippen LogP contribution < -0.4 is 10.5 Å². The predicted octanol–water partition coefficient (Wildman–Crippen LogP) is 3.41. The summed E-state index contributed by atoms with van der Waals surface area (Å²) in [5.41, 5.74) is 2.95. The van der Waals surface area contributed by atoms with E-state index in [2.05, 4.69) is 33.6 Å². The van der Waals surface area contributed by atoms with E-state index in [0.29, 0.717) is 11.3 Å². The molecule has 0 bridgehead atoms.